The molecule has 0 spiro atoms. The highest BCUT2D eigenvalue weighted by Gasteiger charge is 2.46. The van der Waals surface area contributed by atoms with E-state index in [0.29, 0.717) is 11.1 Å². The van der Waals surface area contributed by atoms with E-state index in [0.717, 1.165) is 16.7 Å². The lowest BCUT2D eigenvalue weighted by molar-refractivity contribution is -0.278. The van der Waals surface area contributed by atoms with Crippen molar-refractivity contribution >= 4 is 0 Å². The van der Waals surface area contributed by atoms with Crippen LogP contribution in [0.4, 0.5) is 13.2 Å². The molecule has 2 aromatic carbocycles. The summed E-state index contributed by atoms with van der Waals surface area (Å²) >= 11 is 0. The number of ether oxygens (including phenoxy) is 2. The van der Waals surface area contributed by atoms with Gasteiger partial charge in [0, 0.05) is 6.42 Å². The number of aromatic nitrogens is 2. The summed E-state index contributed by atoms with van der Waals surface area (Å²) in [6.07, 6.45) is -12.4. The molecule has 5 atom stereocenters. The van der Waals surface area contributed by atoms with E-state index in [1.807, 2.05) is 19.1 Å². The van der Waals surface area contributed by atoms with Gasteiger partial charge in [-0.1, -0.05) is 61.5 Å². The standard InChI is InChI=1S/C26H29F3N2O6/c1-2-15-8-10-16(11-9-15)12-18-23(26(27,28)29)31(13-17-6-4-3-5-7-17)30-24(18)37-25-22(35)21(34)20(33)19(14-32)36-25/h3-11,19-22,25,32-35H,2,12-14H2,1H3/t19-,20-,21+,22-,25-/m1/s1. The van der Waals surface area contributed by atoms with Crippen molar-refractivity contribution in [3.63, 3.8) is 0 Å². The third kappa shape index (κ3) is 5.97. The van der Waals surface area contributed by atoms with Gasteiger partial charge < -0.3 is 29.9 Å². The van der Waals surface area contributed by atoms with Gasteiger partial charge in [-0.3, -0.25) is 4.68 Å². The average Bonchev–Trinajstić information content (AvgIpc) is 3.21. The lowest BCUT2D eigenvalue weighted by Gasteiger charge is -2.39. The van der Waals surface area contributed by atoms with Crippen molar-refractivity contribution in [2.24, 2.45) is 0 Å². The summed E-state index contributed by atoms with van der Waals surface area (Å²) in [5, 5.41) is 44.1. The van der Waals surface area contributed by atoms with Gasteiger partial charge in [-0.2, -0.15) is 13.2 Å². The Morgan fingerprint density at radius 3 is 2.16 bits per heavy atom. The van der Waals surface area contributed by atoms with E-state index in [-0.39, 0.29) is 18.5 Å². The number of rotatable bonds is 8. The number of aliphatic hydroxyl groups excluding tert-OH is 4. The number of hydrogen-bond acceptors (Lipinski definition) is 7. The molecular formula is C26H29F3N2O6. The van der Waals surface area contributed by atoms with Gasteiger partial charge in [0.1, 0.15) is 30.1 Å². The highest BCUT2D eigenvalue weighted by Crippen LogP contribution is 2.39. The molecule has 11 heteroatoms. The maximum Gasteiger partial charge on any atom is 0.433 e. The zero-order valence-corrected chi connectivity index (χ0v) is 20.0. The van der Waals surface area contributed by atoms with Crippen molar-refractivity contribution in [2.45, 2.75) is 63.2 Å². The largest absolute Gasteiger partial charge is 0.443 e. The molecule has 0 unspecified atom stereocenters. The van der Waals surface area contributed by atoms with Gasteiger partial charge in [0.2, 0.25) is 12.2 Å². The summed E-state index contributed by atoms with van der Waals surface area (Å²) in [7, 11) is 0. The SMILES string of the molecule is CCc1ccc(Cc2c(O[C@H]3O[C@H](CO)[C@@H](O)[C@H](O)[C@H]3O)nn(Cc3ccccc3)c2C(F)(F)F)cc1. The fourth-order valence-electron chi connectivity index (χ4n) is 4.29. The molecule has 1 fully saturated rings. The van der Waals surface area contributed by atoms with Gasteiger partial charge in [0.15, 0.2) is 0 Å². The van der Waals surface area contributed by atoms with Crippen LogP contribution in [0.15, 0.2) is 54.6 Å². The Morgan fingerprint density at radius 1 is 0.919 bits per heavy atom. The molecule has 1 aliphatic rings. The quantitative estimate of drug-likeness (QED) is 0.359. The zero-order valence-electron chi connectivity index (χ0n) is 20.0. The van der Waals surface area contributed by atoms with Gasteiger partial charge in [-0.25, -0.2) is 0 Å². The Morgan fingerprint density at radius 2 is 1.57 bits per heavy atom. The monoisotopic (exact) mass is 522 g/mol. The molecule has 0 aliphatic carbocycles. The Balaban J connectivity index is 1.77. The molecule has 1 aromatic heterocycles. The first-order chi connectivity index (χ1) is 17.6. The molecule has 37 heavy (non-hydrogen) atoms. The molecule has 200 valence electrons. The normalized spacial score (nSPS) is 24.3. The van der Waals surface area contributed by atoms with E-state index >= 15 is 0 Å². The topological polar surface area (TPSA) is 117 Å². The summed E-state index contributed by atoms with van der Waals surface area (Å²) < 4.78 is 55.1. The summed E-state index contributed by atoms with van der Waals surface area (Å²) in [5.41, 5.74) is 0.895. The lowest BCUT2D eigenvalue weighted by atomic mass is 9.99. The minimum atomic E-state index is -4.79. The Kier molecular flexibility index (Phi) is 8.20. The minimum Gasteiger partial charge on any atom is -0.443 e. The van der Waals surface area contributed by atoms with Crippen molar-refractivity contribution in [1.29, 1.82) is 0 Å². The van der Waals surface area contributed by atoms with Gasteiger partial charge in [0.25, 0.3) is 0 Å². The predicted molar refractivity (Wildman–Crippen MR) is 126 cm³/mol. The summed E-state index contributed by atoms with van der Waals surface area (Å²) in [6, 6.07) is 15.6. The van der Waals surface area contributed by atoms with Crippen LogP contribution >= 0.6 is 0 Å². The maximum atomic E-state index is 14.4. The van der Waals surface area contributed by atoms with Crippen LogP contribution in [0.2, 0.25) is 0 Å². The third-order valence-electron chi connectivity index (χ3n) is 6.35. The second-order valence-corrected chi connectivity index (χ2v) is 8.94. The first-order valence-electron chi connectivity index (χ1n) is 11.9. The molecule has 1 aliphatic heterocycles. The van der Waals surface area contributed by atoms with Crippen molar-refractivity contribution in [1.82, 2.24) is 9.78 Å². The number of hydrogen-bond donors (Lipinski definition) is 4. The van der Waals surface area contributed by atoms with Crippen LogP contribution in [0, 0.1) is 0 Å². The highest BCUT2D eigenvalue weighted by molar-refractivity contribution is 5.39. The van der Waals surface area contributed by atoms with Crippen LogP contribution in [0.1, 0.15) is 34.9 Å². The van der Waals surface area contributed by atoms with E-state index in [9.17, 15) is 33.6 Å². The van der Waals surface area contributed by atoms with Gasteiger partial charge in [0.05, 0.1) is 18.7 Å². The Bertz CT molecular complexity index is 1170. The first-order valence-corrected chi connectivity index (χ1v) is 11.9. The fourth-order valence-corrected chi connectivity index (χ4v) is 4.29. The summed E-state index contributed by atoms with van der Waals surface area (Å²) in [6.45, 7) is 1.06. The van der Waals surface area contributed by atoms with Crippen LogP contribution in [0.25, 0.3) is 0 Å². The molecule has 8 nitrogen and oxygen atoms in total. The van der Waals surface area contributed by atoms with E-state index in [1.54, 1.807) is 42.5 Å². The molecule has 0 radical (unpaired) electrons. The smallest absolute Gasteiger partial charge is 0.433 e. The van der Waals surface area contributed by atoms with Crippen LogP contribution in [-0.4, -0.2) is 67.5 Å². The van der Waals surface area contributed by atoms with Crippen LogP contribution in [0.3, 0.4) is 0 Å². The van der Waals surface area contributed by atoms with Gasteiger partial charge in [-0.15, -0.1) is 5.10 Å². The van der Waals surface area contributed by atoms with E-state index in [2.05, 4.69) is 5.10 Å². The second-order valence-electron chi connectivity index (χ2n) is 8.94. The van der Waals surface area contributed by atoms with Crippen LogP contribution in [-0.2, 0) is 30.3 Å². The van der Waals surface area contributed by atoms with Gasteiger partial charge in [-0.05, 0) is 23.1 Å². The number of alkyl halides is 3. The molecule has 0 bridgehead atoms. The Hall–Kier alpha value is -2.96. The molecule has 0 saturated carbocycles. The number of aliphatic hydroxyl groups is 4. The third-order valence-corrected chi connectivity index (χ3v) is 6.35. The van der Waals surface area contributed by atoms with E-state index in [4.69, 9.17) is 9.47 Å². The van der Waals surface area contributed by atoms with Gasteiger partial charge >= 0.3 is 6.18 Å². The number of halogens is 3. The molecule has 0 amide bonds. The Labute approximate surface area is 211 Å². The molecule has 4 rings (SSSR count). The maximum absolute atomic E-state index is 14.4. The molecular weight excluding hydrogens is 493 g/mol. The van der Waals surface area contributed by atoms with Crippen molar-refractivity contribution in [3.8, 4) is 5.88 Å². The minimum absolute atomic E-state index is 0.180. The molecule has 4 N–H and O–H groups in total. The summed E-state index contributed by atoms with van der Waals surface area (Å²) in [4.78, 5) is 0. The average molecular weight is 523 g/mol. The fraction of sp³-hybridized carbons (Fsp3) is 0.423. The number of aryl methyl sites for hydroxylation is 1. The first kappa shape index (κ1) is 27.1. The highest BCUT2D eigenvalue weighted by atomic mass is 19.4. The zero-order chi connectivity index (χ0) is 26.7. The van der Waals surface area contributed by atoms with E-state index < -0.39 is 55.1 Å². The number of benzene rings is 2. The molecule has 1 saturated heterocycles. The van der Waals surface area contributed by atoms with E-state index in [1.165, 1.54) is 0 Å². The van der Waals surface area contributed by atoms with Crippen LogP contribution < -0.4 is 4.74 Å². The second kappa shape index (κ2) is 11.2. The molecule has 3 aromatic rings. The van der Waals surface area contributed by atoms with Crippen molar-refractivity contribution in [3.05, 3.63) is 82.5 Å². The van der Waals surface area contributed by atoms with Crippen molar-refractivity contribution in [2.75, 3.05) is 6.61 Å². The lowest BCUT2D eigenvalue weighted by Crippen LogP contribution is -2.60. The predicted octanol–water partition coefficient (Wildman–Crippen LogP) is 2.28. The van der Waals surface area contributed by atoms with Crippen molar-refractivity contribution < 1.29 is 43.1 Å². The molecule has 2 heterocycles. The number of nitrogens with zero attached hydrogens (tertiary/aromatic N) is 2. The van der Waals surface area contributed by atoms with Crippen LogP contribution in [0.5, 0.6) is 5.88 Å². The summed E-state index contributed by atoms with van der Waals surface area (Å²) in [5.74, 6) is -0.438.